The van der Waals surface area contributed by atoms with Crippen LogP contribution in [0.15, 0.2) is 18.3 Å². The van der Waals surface area contributed by atoms with Gasteiger partial charge in [-0.2, -0.15) is 5.10 Å². The normalized spacial score (nSPS) is 10.9. The second-order valence-corrected chi connectivity index (χ2v) is 4.38. The van der Waals surface area contributed by atoms with E-state index in [0.29, 0.717) is 0 Å². The van der Waals surface area contributed by atoms with Crippen LogP contribution in [0.1, 0.15) is 19.3 Å². The summed E-state index contributed by atoms with van der Waals surface area (Å²) < 4.78 is 5.01. The number of H-pyrrole nitrogens is 1. The minimum atomic E-state index is 0.765. The second kappa shape index (κ2) is 6.26. The van der Waals surface area contributed by atoms with Gasteiger partial charge in [0.1, 0.15) is 0 Å². The van der Waals surface area contributed by atoms with Crippen LogP contribution in [0, 0.1) is 0 Å². The first-order chi connectivity index (χ1) is 8.81. The van der Waals surface area contributed by atoms with Crippen molar-refractivity contribution in [3.05, 3.63) is 18.3 Å². The summed E-state index contributed by atoms with van der Waals surface area (Å²) in [6.07, 6.45) is 5.16. The number of rotatable bonds is 7. The van der Waals surface area contributed by atoms with E-state index in [-0.39, 0.29) is 0 Å². The zero-order chi connectivity index (χ0) is 12.8. The standard InChI is InChI=1S/C13H20N4O/c1-18-6-4-2-3-5-15-13-8-12-10(7-11(13)14)9-16-17-12/h7-9,15H,2-6,14H2,1H3,(H,16,17). The number of hydrogen-bond acceptors (Lipinski definition) is 4. The predicted octanol–water partition coefficient (Wildman–Crippen LogP) is 2.37. The van der Waals surface area contributed by atoms with Gasteiger partial charge in [0, 0.05) is 25.6 Å². The number of methoxy groups -OCH3 is 1. The summed E-state index contributed by atoms with van der Waals surface area (Å²) in [4.78, 5) is 0. The van der Waals surface area contributed by atoms with E-state index in [9.17, 15) is 0 Å². The molecule has 0 unspecified atom stereocenters. The van der Waals surface area contributed by atoms with Crippen LogP contribution < -0.4 is 11.1 Å². The van der Waals surface area contributed by atoms with Gasteiger partial charge < -0.3 is 15.8 Å². The van der Waals surface area contributed by atoms with Crippen LogP contribution in [0.3, 0.4) is 0 Å². The van der Waals surface area contributed by atoms with Gasteiger partial charge in [0.15, 0.2) is 0 Å². The number of unbranched alkanes of at least 4 members (excludes halogenated alkanes) is 2. The van der Waals surface area contributed by atoms with Gasteiger partial charge in [-0.1, -0.05) is 0 Å². The Hall–Kier alpha value is -1.75. The molecule has 0 atom stereocenters. The summed E-state index contributed by atoms with van der Waals surface area (Å²) in [5, 5.41) is 11.3. The molecule has 0 radical (unpaired) electrons. The van der Waals surface area contributed by atoms with Crippen molar-refractivity contribution in [2.75, 3.05) is 31.3 Å². The highest BCUT2D eigenvalue weighted by atomic mass is 16.5. The lowest BCUT2D eigenvalue weighted by Crippen LogP contribution is -2.04. The molecular formula is C13H20N4O. The van der Waals surface area contributed by atoms with Crippen LogP contribution in [0.25, 0.3) is 10.9 Å². The number of nitrogens with two attached hydrogens (primary N) is 1. The molecule has 2 rings (SSSR count). The zero-order valence-electron chi connectivity index (χ0n) is 10.7. The van der Waals surface area contributed by atoms with E-state index in [1.165, 1.54) is 0 Å². The van der Waals surface area contributed by atoms with E-state index in [2.05, 4.69) is 15.5 Å². The number of anilines is 2. The molecule has 0 aliphatic rings. The van der Waals surface area contributed by atoms with Crippen molar-refractivity contribution in [3.8, 4) is 0 Å². The van der Waals surface area contributed by atoms with E-state index >= 15 is 0 Å². The monoisotopic (exact) mass is 248 g/mol. The summed E-state index contributed by atoms with van der Waals surface area (Å²) in [5.41, 5.74) is 8.73. The van der Waals surface area contributed by atoms with Crippen molar-refractivity contribution in [2.45, 2.75) is 19.3 Å². The molecule has 0 bridgehead atoms. The molecule has 0 aliphatic carbocycles. The molecule has 98 valence electrons. The highest BCUT2D eigenvalue weighted by Crippen LogP contribution is 2.24. The highest BCUT2D eigenvalue weighted by molar-refractivity contribution is 5.88. The predicted molar refractivity (Wildman–Crippen MR) is 74.7 cm³/mol. The molecule has 0 aliphatic heterocycles. The third-order valence-electron chi connectivity index (χ3n) is 2.95. The Morgan fingerprint density at radius 2 is 2.22 bits per heavy atom. The Morgan fingerprint density at radius 1 is 1.33 bits per heavy atom. The van der Waals surface area contributed by atoms with E-state index in [0.717, 1.165) is 54.7 Å². The molecule has 2 aromatic rings. The van der Waals surface area contributed by atoms with E-state index < -0.39 is 0 Å². The van der Waals surface area contributed by atoms with Gasteiger partial charge in [-0.05, 0) is 31.4 Å². The van der Waals surface area contributed by atoms with E-state index in [4.69, 9.17) is 10.5 Å². The largest absolute Gasteiger partial charge is 0.397 e. The summed E-state index contributed by atoms with van der Waals surface area (Å²) in [6, 6.07) is 3.94. The number of nitrogen functional groups attached to an aromatic ring is 1. The molecule has 18 heavy (non-hydrogen) atoms. The number of benzene rings is 1. The lowest BCUT2D eigenvalue weighted by atomic mass is 10.2. The van der Waals surface area contributed by atoms with E-state index in [1.54, 1.807) is 13.3 Å². The number of hydrogen-bond donors (Lipinski definition) is 3. The molecule has 1 aromatic heterocycles. The van der Waals surface area contributed by atoms with Crippen molar-refractivity contribution >= 4 is 22.3 Å². The van der Waals surface area contributed by atoms with Crippen molar-refractivity contribution in [2.24, 2.45) is 0 Å². The van der Waals surface area contributed by atoms with Gasteiger partial charge in [-0.25, -0.2) is 0 Å². The minimum Gasteiger partial charge on any atom is -0.397 e. The molecule has 0 saturated carbocycles. The third-order valence-corrected chi connectivity index (χ3v) is 2.95. The molecule has 5 heteroatoms. The van der Waals surface area contributed by atoms with Gasteiger partial charge in [-0.3, -0.25) is 5.10 Å². The van der Waals surface area contributed by atoms with Gasteiger partial charge in [-0.15, -0.1) is 0 Å². The zero-order valence-corrected chi connectivity index (χ0v) is 10.7. The average Bonchev–Trinajstić information content (AvgIpc) is 2.80. The Morgan fingerprint density at radius 3 is 3.06 bits per heavy atom. The SMILES string of the molecule is COCCCCCNc1cc2[nH]ncc2cc1N. The van der Waals surface area contributed by atoms with Crippen LogP contribution in [-0.2, 0) is 4.74 Å². The van der Waals surface area contributed by atoms with Crippen LogP contribution >= 0.6 is 0 Å². The molecular weight excluding hydrogens is 228 g/mol. The fourth-order valence-corrected chi connectivity index (χ4v) is 1.93. The lowest BCUT2D eigenvalue weighted by molar-refractivity contribution is 0.192. The van der Waals surface area contributed by atoms with Crippen LogP contribution in [0.2, 0.25) is 0 Å². The van der Waals surface area contributed by atoms with Gasteiger partial charge >= 0.3 is 0 Å². The van der Waals surface area contributed by atoms with Gasteiger partial charge in [0.05, 0.1) is 23.1 Å². The maximum absolute atomic E-state index is 5.98. The molecule has 5 nitrogen and oxygen atoms in total. The Labute approximate surface area is 107 Å². The van der Waals surface area contributed by atoms with Crippen LogP contribution in [-0.4, -0.2) is 30.5 Å². The fraction of sp³-hybridized carbons (Fsp3) is 0.462. The maximum Gasteiger partial charge on any atom is 0.0672 e. The van der Waals surface area contributed by atoms with Crippen molar-refractivity contribution < 1.29 is 4.74 Å². The van der Waals surface area contributed by atoms with Crippen LogP contribution in [0.5, 0.6) is 0 Å². The molecule has 0 amide bonds. The van der Waals surface area contributed by atoms with Crippen molar-refractivity contribution in [1.82, 2.24) is 10.2 Å². The van der Waals surface area contributed by atoms with Gasteiger partial charge in [0.2, 0.25) is 0 Å². The van der Waals surface area contributed by atoms with Gasteiger partial charge in [0.25, 0.3) is 0 Å². The number of ether oxygens (including phenoxy) is 1. The van der Waals surface area contributed by atoms with E-state index in [1.807, 2.05) is 12.1 Å². The number of fused-ring (bicyclic) bond motifs is 1. The average molecular weight is 248 g/mol. The smallest absolute Gasteiger partial charge is 0.0672 e. The Balaban J connectivity index is 1.85. The van der Waals surface area contributed by atoms with Crippen molar-refractivity contribution in [3.63, 3.8) is 0 Å². The fourth-order valence-electron chi connectivity index (χ4n) is 1.93. The molecule has 1 aromatic carbocycles. The summed E-state index contributed by atoms with van der Waals surface area (Å²) in [5.74, 6) is 0. The lowest BCUT2D eigenvalue weighted by Gasteiger charge is -2.09. The second-order valence-electron chi connectivity index (χ2n) is 4.38. The van der Waals surface area contributed by atoms with Crippen molar-refractivity contribution in [1.29, 1.82) is 0 Å². The Kier molecular flexibility index (Phi) is 4.41. The number of nitrogens with zero attached hydrogens (tertiary/aromatic N) is 1. The first-order valence-electron chi connectivity index (χ1n) is 6.26. The quantitative estimate of drug-likeness (QED) is 0.519. The first kappa shape index (κ1) is 12.7. The maximum atomic E-state index is 5.98. The Bertz CT molecular complexity index is 495. The number of nitrogens with one attached hydrogen (secondary N) is 2. The summed E-state index contributed by atoms with van der Waals surface area (Å²) in [6.45, 7) is 1.76. The van der Waals surface area contributed by atoms with Crippen LogP contribution in [0.4, 0.5) is 11.4 Å². The molecule has 4 N–H and O–H groups in total. The molecule has 0 spiro atoms. The number of aromatic amines is 1. The highest BCUT2D eigenvalue weighted by Gasteiger charge is 2.02. The number of aromatic nitrogens is 2. The third kappa shape index (κ3) is 3.13. The first-order valence-corrected chi connectivity index (χ1v) is 6.26. The molecule has 0 saturated heterocycles. The molecule has 1 heterocycles. The topological polar surface area (TPSA) is 76.0 Å². The summed E-state index contributed by atoms with van der Waals surface area (Å²) >= 11 is 0. The minimum absolute atomic E-state index is 0.765. The summed E-state index contributed by atoms with van der Waals surface area (Å²) in [7, 11) is 1.73. The molecule has 0 fully saturated rings.